The predicted octanol–water partition coefficient (Wildman–Crippen LogP) is -1.68. The van der Waals surface area contributed by atoms with E-state index >= 15 is 0 Å². The van der Waals surface area contributed by atoms with E-state index in [0.29, 0.717) is 6.79 Å². The number of hydrogen-bond acceptors (Lipinski definition) is 4. The molecule has 8 heteroatoms. The van der Waals surface area contributed by atoms with Gasteiger partial charge >= 0.3 is 6.03 Å². The van der Waals surface area contributed by atoms with Crippen molar-refractivity contribution in [3.05, 3.63) is 23.8 Å². The Morgan fingerprint density at radius 3 is 2.48 bits per heavy atom. The second-order valence-electron chi connectivity index (χ2n) is 7.61. The lowest BCUT2D eigenvalue weighted by molar-refractivity contribution is -1.02. The molecule has 3 rings (SSSR count). The van der Waals surface area contributed by atoms with Crippen LogP contribution in [0, 0.1) is 0 Å². The topological polar surface area (TPSA) is 85.5 Å². The van der Waals surface area contributed by atoms with Crippen LogP contribution in [0.25, 0.3) is 0 Å². The molecule has 1 aromatic carbocycles. The highest BCUT2D eigenvalue weighted by atomic mass is 16.7. The fraction of sp³-hybridized carbons (Fsp3) is 0.579. The summed E-state index contributed by atoms with van der Waals surface area (Å²) in [5, 5.41) is 5.12. The molecular formula is C19H30N4O4+2. The van der Waals surface area contributed by atoms with Gasteiger partial charge < -0.3 is 24.6 Å². The van der Waals surface area contributed by atoms with Crippen LogP contribution in [0.15, 0.2) is 18.2 Å². The summed E-state index contributed by atoms with van der Waals surface area (Å²) < 4.78 is 10.8. The molecule has 1 atom stereocenters. The molecule has 8 nitrogen and oxygen atoms in total. The van der Waals surface area contributed by atoms with E-state index in [2.05, 4.69) is 22.8 Å². The first kappa shape index (κ1) is 19.4. The summed E-state index contributed by atoms with van der Waals surface area (Å²) in [7, 11) is 0. The largest absolute Gasteiger partial charge is 0.454 e. The Morgan fingerprint density at radius 1 is 1.07 bits per heavy atom. The number of fused-ring (bicyclic) bond motifs is 1. The first-order valence-electron chi connectivity index (χ1n) is 9.60. The van der Waals surface area contributed by atoms with E-state index in [1.165, 1.54) is 15.4 Å². The number of piperazine rings is 1. The van der Waals surface area contributed by atoms with E-state index in [9.17, 15) is 9.59 Å². The van der Waals surface area contributed by atoms with Crippen molar-refractivity contribution < 1.29 is 28.9 Å². The molecule has 0 aliphatic carbocycles. The molecule has 0 unspecified atom stereocenters. The Balaban J connectivity index is 1.45. The van der Waals surface area contributed by atoms with E-state index in [1.54, 1.807) is 0 Å². The number of hydrogen-bond donors (Lipinski definition) is 4. The number of nitrogens with one attached hydrogen (secondary N) is 4. The number of rotatable bonds is 5. The SMILES string of the molecule is CC(C)NC(=O)NC(=O)[C@H](C)[NH+]1CC[NH+](Cc2ccc3c(c2)OCO3)CC1. The van der Waals surface area contributed by atoms with Crippen LogP contribution in [0.5, 0.6) is 11.5 Å². The number of quaternary nitrogens is 2. The average Bonchev–Trinajstić information content (AvgIpc) is 3.08. The summed E-state index contributed by atoms with van der Waals surface area (Å²) in [6, 6.07) is 5.45. The third-order valence-electron chi connectivity index (χ3n) is 5.15. The van der Waals surface area contributed by atoms with Crippen LogP contribution in [0.3, 0.4) is 0 Å². The van der Waals surface area contributed by atoms with Crippen molar-refractivity contribution in [2.45, 2.75) is 39.4 Å². The van der Waals surface area contributed by atoms with Crippen molar-refractivity contribution in [1.29, 1.82) is 0 Å². The van der Waals surface area contributed by atoms with Gasteiger partial charge in [0.25, 0.3) is 5.91 Å². The number of amides is 3. The Kier molecular flexibility index (Phi) is 6.18. The normalized spacial score (nSPS) is 22.4. The quantitative estimate of drug-likeness (QED) is 0.493. The zero-order valence-electron chi connectivity index (χ0n) is 16.3. The second kappa shape index (κ2) is 8.58. The van der Waals surface area contributed by atoms with E-state index in [0.717, 1.165) is 44.2 Å². The molecule has 0 spiro atoms. The van der Waals surface area contributed by atoms with Crippen molar-refractivity contribution in [3.63, 3.8) is 0 Å². The van der Waals surface area contributed by atoms with Crippen LogP contribution in [0.4, 0.5) is 4.79 Å². The third-order valence-corrected chi connectivity index (χ3v) is 5.15. The minimum absolute atomic E-state index is 0.00350. The fourth-order valence-electron chi connectivity index (χ4n) is 3.58. The maximum Gasteiger partial charge on any atom is 0.321 e. The minimum Gasteiger partial charge on any atom is -0.454 e. The molecule has 3 amide bonds. The van der Waals surface area contributed by atoms with E-state index in [1.807, 2.05) is 26.8 Å². The van der Waals surface area contributed by atoms with Gasteiger partial charge in [0.15, 0.2) is 17.5 Å². The minimum atomic E-state index is -0.423. The summed E-state index contributed by atoms with van der Waals surface area (Å²) in [5.74, 6) is 1.41. The van der Waals surface area contributed by atoms with Crippen LogP contribution in [-0.2, 0) is 11.3 Å². The molecule has 4 N–H and O–H groups in total. The summed E-state index contributed by atoms with van der Waals surface area (Å²) in [6.45, 7) is 10.6. The molecule has 148 valence electrons. The Hall–Kier alpha value is -2.32. The van der Waals surface area contributed by atoms with Crippen LogP contribution >= 0.6 is 0 Å². The molecule has 27 heavy (non-hydrogen) atoms. The maximum absolute atomic E-state index is 12.3. The van der Waals surface area contributed by atoms with Crippen LogP contribution in [-0.4, -0.2) is 57.0 Å². The van der Waals surface area contributed by atoms with Gasteiger partial charge in [0.1, 0.15) is 32.7 Å². The summed E-state index contributed by atoms with van der Waals surface area (Å²) in [6.07, 6.45) is 0. The lowest BCUT2D eigenvalue weighted by Crippen LogP contribution is -3.29. The summed E-state index contributed by atoms with van der Waals surface area (Å²) in [4.78, 5) is 26.7. The molecular weight excluding hydrogens is 348 g/mol. The summed E-state index contributed by atoms with van der Waals surface area (Å²) >= 11 is 0. The molecule has 0 aromatic heterocycles. The highest BCUT2D eigenvalue weighted by Crippen LogP contribution is 2.32. The highest BCUT2D eigenvalue weighted by molar-refractivity contribution is 5.96. The van der Waals surface area contributed by atoms with Crippen molar-refractivity contribution in [3.8, 4) is 11.5 Å². The molecule has 1 saturated heterocycles. The zero-order chi connectivity index (χ0) is 19.4. The molecule has 2 aliphatic rings. The number of benzene rings is 1. The van der Waals surface area contributed by atoms with Crippen molar-refractivity contribution >= 4 is 11.9 Å². The van der Waals surface area contributed by atoms with Gasteiger partial charge in [-0.1, -0.05) is 0 Å². The van der Waals surface area contributed by atoms with Gasteiger partial charge in [-0.3, -0.25) is 10.1 Å². The second-order valence-corrected chi connectivity index (χ2v) is 7.61. The van der Waals surface area contributed by atoms with Crippen LogP contribution < -0.4 is 29.9 Å². The average molecular weight is 378 g/mol. The molecule has 0 radical (unpaired) electrons. The molecule has 0 saturated carbocycles. The van der Waals surface area contributed by atoms with E-state index in [4.69, 9.17) is 9.47 Å². The molecule has 1 aromatic rings. The Labute approximate surface area is 159 Å². The van der Waals surface area contributed by atoms with Gasteiger partial charge in [0, 0.05) is 11.6 Å². The molecule has 0 bridgehead atoms. The maximum atomic E-state index is 12.3. The number of carbonyl (C=O) groups is 2. The Bertz CT molecular complexity index is 686. The van der Waals surface area contributed by atoms with E-state index < -0.39 is 6.03 Å². The molecule has 2 heterocycles. The predicted molar refractivity (Wildman–Crippen MR) is 98.9 cm³/mol. The van der Waals surface area contributed by atoms with Crippen LogP contribution in [0.2, 0.25) is 0 Å². The van der Waals surface area contributed by atoms with Gasteiger partial charge in [-0.25, -0.2) is 4.79 Å². The number of imide groups is 1. The highest BCUT2D eigenvalue weighted by Gasteiger charge is 2.32. The van der Waals surface area contributed by atoms with Gasteiger partial charge in [-0.15, -0.1) is 0 Å². The molecule has 2 aliphatic heterocycles. The zero-order valence-corrected chi connectivity index (χ0v) is 16.3. The standard InChI is InChI=1S/C19H28N4O4/c1-13(2)20-19(25)21-18(24)14(3)23-8-6-22(7-9-23)11-15-4-5-16-17(10-15)27-12-26-16/h4-5,10,13-14H,6-9,11-12H2,1-3H3,(H2,20,21,24,25)/p+2/t14-/m0/s1. The van der Waals surface area contributed by atoms with Gasteiger partial charge in [0.05, 0.1) is 0 Å². The number of urea groups is 1. The lowest BCUT2D eigenvalue weighted by Gasteiger charge is -2.32. The number of ether oxygens (including phenoxy) is 2. The van der Waals surface area contributed by atoms with Gasteiger partial charge in [-0.05, 0) is 39.0 Å². The van der Waals surface area contributed by atoms with Crippen molar-refractivity contribution in [1.82, 2.24) is 10.6 Å². The number of carbonyl (C=O) groups excluding carboxylic acids is 2. The first-order chi connectivity index (χ1) is 12.9. The van der Waals surface area contributed by atoms with Crippen LogP contribution in [0.1, 0.15) is 26.3 Å². The van der Waals surface area contributed by atoms with Gasteiger partial charge in [-0.2, -0.15) is 0 Å². The monoisotopic (exact) mass is 378 g/mol. The van der Waals surface area contributed by atoms with Crippen molar-refractivity contribution in [2.24, 2.45) is 0 Å². The van der Waals surface area contributed by atoms with E-state index in [-0.39, 0.29) is 18.0 Å². The summed E-state index contributed by atoms with van der Waals surface area (Å²) in [5.41, 5.74) is 1.23. The lowest BCUT2D eigenvalue weighted by atomic mass is 10.1. The smallest absolute Gasteiger partial charge is 0.321 e. The Morgan fingerprint density at radius 2 is 1.78 bits per heavy atom. The third kappa shape index (κ3) is 5.11. The van der Waals surface area contributed by atoms with Crippen molar-refractivity contribution in [2.75, 3.05) is 33.0 Å². The fourth-order valence-corrected chi connectivity index (χ4v) is 3.58. The van der Waals surface area contributed by atoms with Gasteiger partial charge in [0.2, 0.25) is 6.79 Å². The molecule has 1 fully saturated rings. The first-order valence-corrected chi connectivity index (χ1v) is 9.60.